The second-order valence-electron chi connectivity index (χ2n) is 6.47. The molecule has 0 saturated heterocycles. The lowest BCUT2D eigenvalue weighted by atomic mass is 10.2. The highest BCUT2D eigenvalue weighted by Crippen LogP contribution is 2.33. The van der Waals surface area contributed by atoms with Crippen LogP contribution < -0.4 is 9.64 Å². The average Bonchev–Trinajstić information content (AvgIpc) is 3.39. The zero-order valence-corrected chi connectivity index (χ0v) is 17.2. The van der Waals surface area contributed by atoms with Gasteiger partial charge < -0.3 is 4.74 Å². The minimum atomic E-state index is -0.114. The second kappa shape index (κ2) is 8.45. The molecular formula is C22H22N4O2S. The first-order valence-electron chi connectivity index (χ1n) is 9.60. The molecule has 0 N–H and O–H groups in total. The molecule has 0 radical (unpaired) electrons. The van der Waals surface area contributed by atoms with Crippen LogP contribution in [0.4, 0.5) is 5.13 Å². The Balaban J connectivity index is 1.75. The van der Waals surface area contributed by atoms with E-state index in [0.29, 0.717) is 30.5 Å². The zero-order valence-electron chi connectivity index (χ0n) is 16.4. The summed E-state index contributed by atoms with van der Waals surface area (Å²) in [6.07, 6.45) is 1.66. The van der Waals surface area contributed by atoms with Gasteiger partial charge in [-0.1, -0.05) is 41.7 Å². The van der Waals surface area contributed by atoms with Crippen molar-refractivity contribution in [3.05, 3.63) is 72.1 Å². The number of thiazole rings is 1. The van der Waals surface area contributed by atoms with Crippen molar-refractivity contribution < 1.29 is 9.53 Å². The van der Waals surface area contributed by atoms with Crippen molar-refractivity contribution in [3.63, 3.8) is 0 Å². The first-order chi connectivity index (χ1) is 14.2. The van der Waals surface area contributed by atoms with Crippen molar-refractivity contribution in [2.75, 3.05) is 11.5 Å². The predicted octanol–water partition coefficient (Wildman–Crippen LogP) is 4.76. The second-order valence-corrected chi connectivity index (χ2v) is 7.48. The van der Waals surface area contributed by atoms with E-state index in [2.05, 4.69) is 5.10 Å². The molecule has 0 atom stereocenters. The fourth-order valence-corrected chi connectivity index (χ4v) is 4.15. The van der Waals surface area contributed by atoms with Gasteiger partial charge in [0, 0.05) is 12.7 Å². The van der Waals surface area contributed by atoms with Crippen LogP contribution in [0.1, 0.15) is 29.9 Å². The number of hydrogen-bond donors (Lipinski definition) is 0. The van der Waals surface area contributed by atoms with Crippen molar-refractivity contribution >= 4 is 32.6 Å². The number of rotatable bonds is 7. The molecule has 0 aliphatic rings. The summed E-state index contributed by atoms with van der Waals surface area (Å²) in [5.41, 5.74) is 2.44. The van der Waals surface area contributed by atoms with Crippen LogP contribution in [0.5, 0.6) is 5.75 Å². The molecule has 0 aliphatic carbocycles. The highest BCUT2D eigenvalue weighted by molar-refractivity contribution is 7.22. The Labute approximate surface area is 173 Å². The molecular weight excluding hydrogens is 384 g/mol. The summed E-state index contributed by atoms with van der Waals surface area (Å²) in [5.74, 6) is 0.692. The van der Waals surface area contributed by atoms with E-state index < -0.39 is 0 Å². The van der Waals surface area contributed by atoms with Gasteiger partial charge in [-0.05, 0) is 43.7 Å². The van der Waals surface area contributed by atoms with E-state index in [1.165, 1.54) is 11.3 Å². The van der Waals surface area contributed by atoms with E-state index in [1.807, 2.05) is 62.4 Å². The number of fused-ring (bicyclic) bond motifs is 1. The monoisotopic (exact) mass is 406 g/mol. The fourth-order valence-electron chi connectivity index (χ4n) is 3.16. The third-order valence-electron chi connectivity index (χ3n) is 4.55. The Kier molecular flexibility index (Phi) is 5.57. The number of aryl methyl sites for hydroxylation is 1. The SMILES string of the molecule is CCOc1ccc2nc(N(Cc3ccccc3)C(=O)c3ccnn3CC)sc2c1. The van der Waals surface area contributed by atoms with Crippen LogP contribution in [-0.2, 0) is 13.1 Å². The number of carbonyl (C=O) groups is 1. The smallest absolute Gasteiger partial charge is 0.278 e. The lowest BCUT2D eigenvalue weighted by Gasteiger charge is -2.20. The van der Waals surface area contributed by atoms with Gasteiger partial charge in [-0.3, -0.25) is 14.4 Å². The molecule has 0 aliphatic heterocycles. The molecule has 0 bridgehead atoms. The quantitative estimate of drug-likeness (QED) is 0.444. The number of carbonyl (C=O) groups excluding carboxylic acids is 1. The number of ether oxygens (including phenoxy) is 1. The highest BCUT2D eigenvalue weighted by Gasteiger charge is 2.24. The predicted molar refractivity (Wildman–Crippen MR) is 116 cm³/mol. The van der Waals surface area contributed by atoms with Crippen molar-refractivity contribution in [1.82, 2.24) is 14.8 Å². The van der Waals surface area contributed by atoms with Crippen LogP contribution in [0.25, 0.3) is 10.2 Å². The zero-order chi connectivity index (χ0) is 20.2. The molecule has 0 fully saturated rings. The van der Waals surface area contributed by atoms with Gasteiger partial charge >= 0.3 is 0 Å². The van der Waals surface area contributed by atoms with Crippen LogP contribution in [-0.4, -0.2) is 27.3 Å². The highest BCUT2D eigenvalue weighted by atomic mass is 32.1. The van der Waals surface area contributed by atoms with Gasteiger partial charge in [-0.25, -0.2) is 4.98 Å². The summed E-state index contributed by atoms with van der Waals surface area (Å²) < 4.78 is 8.30. The van der Waals surface area contributed by atoms with Gasteiger partial charge in [0.25, 0.3) is 5.91 Å². The maximum Gasteiger partial charge on any atom is 0.278 e. The first kappa shape index (κ1) is 19.1. The molecule has 1 amide bonds. The molecule has 2 heterocycles. The Hall–Kier alpha value is -3.19. The average molecular weight is 407 g/mol. The summed E-state index contributed by atoms with van der Waals surface area (Å²) in [4.78, 5) is 19.9. The molecule has 2 aromatic heterocycles. The van der Waals surface area contributed by atoms with Crippen molar-refractivity contribution in [1.29, 1.82) is 0 Å². The van der Waals surface area contributed by atoms with Gasteiger partial charge in [-0.2, -0.15) is 5.10 Å². The molecule has 0 spiro atoms. The number of anilines is 1. The molecule has 6 nitrogen and oxygen atoms in total. The number of amides is 1. The van der Waals surface area contributed by atoms with Crippen molar-refractivity contribution in [2.24, 2.45) is 0 Å². The molecule has 148 valence electrons. The maximum absolute atomic E-state index is 13.4. The Morgan fingerprint density at radius 3 is 2.72 bits per heavy atom. The lowest BCUT2D eigenvalue weighted by molar-refractivity contribution is 0.0975. The van der Waals surface area contributed by atoms with Gasteiger partial charge in [0.15, 0.2) is 5.13 Å². The van der Waals surface area contributed by atoms with Crippen LogP contribution in [0.15, 0.2) is 60.8 Å². The molecule has 4 rings (SSSR count). The summed E-state index contributed by atoms with van der Waals surface area (Å²) in [6, 6.07) is 17.5. The Morgan fingerprint density at radius 1 is 1.14 bits per heavy atom. The van der Waals surface area contributed by atoms with E-state index in [-0.39, 0.29) is 5.91 Å². The van der Waals surface area contributed by atoms with E-state index in [0.717, 1.165) is 21.5 Å². The number of nitrogens with zero attached hydrogens (tertiary/aromatic N) is 4. The summed E-state index contributed by atoms with van der Waals surface area (Å²) in [6.45, 7) is 5.60. The Morgan fingerprint density at radius 2 is 1.97 bits per heavy atom. The summed E-state index contributed by atoms with van der Waals surface area (Å²) >= 11 is 1.49. The topological polar surface area (TPSA) is 60.2 Å². The van der Waals surface area contributed by atoms with Crippen LogP contribution in [0.2, 0.25) is 0 Å². The van der Waals surface area contributed by atoms with Crippen LogP contribution >= 0.6 is 11.3 Å². The minimum absolute atomic E-state index is 0.114. The minimum Gasteiger partial charge on any atom is -0.494 e. The largest absolute Gasteiger partial charge is 0.494 e. The molecule has 4 aromatic rings. The molecule has 0 saturated carbocycles. The number of aromatic nitrogens is 3. The van der Waals surface area contributed by atoms with Gasteiger partial charge in [-0.15, -0.1) is 0 Å². The number of benzene rings is 2. The maximum atomic E-state index is 13.4. The third kappa shape index (κ3) is 4.00. The standard InChI is InChI=1S/C22H22N4O2S/c1-3-26-19(12-13-23-26)21(27)25(15-16-8-6-5-7-9-16)22-24-18-11-10-17(28-4-2)14-20(18)29-22/h5-14H,3-4,15H2,1-2H3. The van der Waals surface area contributed by atoms with Crippen LogP contribution in [0, 0.1) is 0 Å². The third-order valence-corrected chi connectivity index (χ3v) is 5.60. The van der Waals surface area contributed by atoms with Crippen LogP contribution in [0.3, 0.4) is 0 Å². The fraction of sp³-hybridized carbons (Fsp3) is 0.227. The van der Waals surface area contributed by atoms with Gasteiger partial charge in [0.2, 0.25) is 0 Å². The van der Waals surface area contributed by atoms with E-state index in [4.69, 9.17) is 9.72 Å². The number of hydrogen-bond acceptors (Lipinski definition) is 5. The first-order valence-corrected chi connectivity index (χ1v) is 10.4. The van der Waals surface area contributed by atoms with Crippen molar-refractivity contribution in [2.45, 2.75) is 26.9 Å². The van der Waals surface area contributed by atoms with Crippen molar-refractivity contribution in [3.8, 4) is 5.75 Å². The van der Waals surface area contributed by atoms with Gasteiger partial charge in [0.1, 0.15) is 11.4 Å². The molecule has 2 aromatic carbocycles. The molecule has 29 heavy (non-hydrogen) atoms. The molecule has 0 unspecified atom stereocenters. The van der Waals surface area contributed by atoms with E-state index >= 15 is 0 Å². The van der Waals surface area contributed by atoms with E-state index in [1.54, 1.807) is 21.8 Å². The van der Waals surface area contributed by atoms with Gasteiger partial charge in [0.05, 0.1) is 23.4 Å². The normalized spacial score (nSPS) is 11.0. The lowest BCUT2D eigenvalue weighted by Crippen LogP contribution is -2.32. The van der Waals surface area contributed by atoms with E-state index in [9.17, 15) is 4.79 Å². The summed E-state index contributed by atoms with van der Waals surface area (Å²) in [5, 5.41) is 4.91. The molecule has 7 heteroatoms. The Bertz CT molecular complexity index is 1120. The summed E-state index contributed by atoms with van der Waals surface area (Å²) in [7, 11) is 0.